The van der Waals surface area contributed by atoms with E-state index in [-0.39, 0.29) is 41.9 Å². The summed E-state index contributed by atoms with van der Waals surface area (Å²) in [6.45, 7) is 0. The van der Waals surface area contributed by atoms with Gasteiger partial charge in [0.1, 0.15) is 0 Å². The summed E-state index contributed by atoms with van der Waals surface area (Å²) >= 11 is 0. The van der Waals surface area contributed by atoms with Crippen LogP contribution in [0.15, 0.2) is 29.2 Å². The zero-order chi connectivity index (χ0) is 17.7. The molecule has 0 radical (unpaired) electrons. The monoisotopic (exact) mass is 398 g/mol. The van der Waals surface area contributed by atoms with Crippen molar-refractivity contribution in [3.8, 4) is 0 Å². The van der Waals surface area contributed by atoms with Crippen molar-refractivity contribution in [3.63, 3.8) is 0 Å². The number of nitrogens with two attached hydrogens (primary N) is 1. The number of fused-ring (bicyclic) bond motifs is 2. The Bertz CT molecular complexity index is 768. The van der Waals surface area contributed by atoms with E-state index in [1.807, 2.05) is 0 Å². The third kappa shape index (κ3) is 3.50. The second kappa shape index (κ2) is 6.77. The van der Waals surface area contributed by atoms with Gasteiger partial charge in [0, 0.05) is 11.7 Å². The van der Waals surface area contributed by atoms with Crippen LogP contribution in [0.1, 0.15) is 19.3 Å². The Labute approximate surface area is 149 Å². The molecule has 140 valence electrons. The third-order valence-electron chi connectivity index (χ3n) is 5.00. The van der Waals surface area contributed by atoms with E-state index in [4.69, 9.17) is 5.73 Å². The van der Waals surface area contributed by atoms with Gasteiger partial charge in [-0.15, -0.1) is 12.4 Å². The standard InChI is InChI=1S/C15H17F3N2O3S.ClH/c16-15(17,18)24(22,23)11-3-1-2-10(7-11)20-14(21)12-8-4-5-9(6-8)13(12)19;/h1-3,7-9,12-13H,4-6,19H2,(H,20,21);1H/t8-,9+,12+,13-;/m1./s1. The number of hydrogen-bond donors (Lipinski definition) is 2. The van der Waals surface area contributed by atoms with E-state index < -0.39 is 20.2 Å². The molecule has 2 saturated carbocycles. The average molecular weight is 399 g/mol. The number of carbonyl (C=O) groups excluding carboxylic acids is 1. The highest BCUT2D eigenvalue weighted by Crippen LogP contribution is 2.48. The van der Waals surface area contributed by atoms with Crippen LogP contribution in [-0.4, -0.2) is 25.9 Å². The lowest BCUT2D eigenvalue weighted by Crippen LogP contribution is -2.42. The smallest absolute Gasteiger partial charge is 0.327 e. The molecule has 1 aromatic carbocycles. The fourth-order valence-electron chi connectivity index (χ4n) is 3.83. The average Bonchev–Trinajstić information content (AvgIpc) is 3.07. The first-order chi connectivity index (χ1) is 11.1. The highest BCUT2D eigenvalue weighted by molar-refractivity contribution is 7.92. The number of anilines is 1. The van der Waals surface area contributed by atoms with Crippen LogP contribution in [0.4, 0.5) is 18.9 Å². The number of hydrogen-bond acceptors (Lipinski definition) is 4. The molecule has 0 heterocycles. The second-order valence-electron chi connectivity index (χ2n) is 6.40. The molecule has 3 rings (SSSR count). The van der Waals surface area contributed by atoms with Crippen molar-refractivity contribution in [2.45, 2.75) is 35.7 Å². The van der Waals surface area contributed by atoms with E-state index in [1.54, 1.807) is 0 Å². The number of benzene rings is 1. The third-order valence-corrected chi connectivity index (χ3v) is 6.48. The minimum absolute atomic E-state index is 0. The molecule has 1 amide bonds. The molecule has 0 saturated heterocycles. The van der Waals surface area contributed by atoms with Gasteiger partial charge in [-0.25, -0.2) is 8.42 Å². The Morgan fingerprint density at radius 2 is 1.84 bits per heavy atom. The van der Waals surface area contributed by atoms with Gasteiger partial charge in [0.2, 0.25) is 5.91 Å². The maximum absolute atomic E-state index is 12.6. The van der Waals surface area contributed by atoms with Crippen molar-refractivity contribution in [2.24, 2.45) is 23.5 Å². The van der Waals surface area contributed by atoms with Crippen LogP contribution in [0, 0.1) is 17.8 Å². The summed E-state index contributed by atoms with van der Waals surface area (Å²) < 4.78 is 60.8. The number of alkyl halides is 3. The minimum atomic E-state index is -5.45. The predicted octanol–water partition coefficient (Wildman–Crippen LogP) is 2.71. The summed E-state index contributed by atoms with van der Waals surface area (Å²) in [5.41, 5.74) is 0.697. The minimum Gasteiger partial charge on any atom is -0.327 e. The van der Waals surface area contributed by atoms with E-state index in [0.29, 0.717) is 5.92 Å². The summed E-state index contributed by atoms with van der Waals surface area (Å²) in [7, 11) is -5.45. The van der Waals surface area contributed by atoms with Gasteiger partial charge in [-0.2, -0.15) is 13.2 Å². The Kier molecular flexibility index (Phi) is 5.42. The van der Waals surface area contributed by atoms with Crippen LogP contribution in [0.25, 0.3) is 0 Å². The fourth-order valence-corrected chi connectivity index (χ4v) is 4.63. The molecule has 0 aromatic heterocycles. The van der Waals surface area contributed by atoms with Crippen LogP contribution < -0.4 is 11.1 Å². The molecule has 0 spiro atoms. The summed E-state index contributed by atoms with van der Waals surface area (Å²) in [6.07, 6.45) is 2.80. The number of rotatable bonds is 3. The summed E-state index contributed by atoms with van der Waals surface area (Å²) in [4.78, 5) is 11.5. The molecule has 2 aliphatic carbocycles. The van der Waals surface area contributed by atoms with Gasteiger partial charge in [0.15, 0.2) is 0 Å². The summed E-state index contributed by atoms with van der Waals surface area (Å²) in [5.74, 6) is -0.252. The molecule has 3 N–H and O–H groups in total. The normalized spacial score (nSPS) is 28.5. The van der Waals surface area contributed by atoms with E-state index in [0.717, 1.165) is 37.5 Å². The first-order valence-corrected chi connectivity index (χ1v) is 9.07. The van der Waals surface area contributed by atoms with Gasteiger partial charge in [0.05, 0.1) is 10.8 Å². The van der Waals surface area contributed by atoms with Crippen LogP contribution in [0.2, 0.25) is 0 Å². The van der Waals surface area contributed by atoms with E-state index in [9.17, 15) is 26.4 Å². The van der Waals surface area contributed by atoms with Gasteiger partial charge in [0.25, 0.3) is 9.84 Å². The highest BCUT2D eigenvalue weighted by Gasteiger charge is 2.49. The first-order valence-electron chi connectivity index (χ1n) is 7.59. The molecule has 1 aromatic rings. The summed E-state index contributed by atoms with van der Waals surface area (Å²) in [5, 5.41) is 2.51. The zero-order valence-corrected chi connectivity index (χ0v) is 14.6. The number of halogens is 4. The Balaban J connectivity index is 0.00000225. The van der Waals surface area contributed by atoms with Crippen LogP contribution in [0.3, 0.4) is 0 Å². The second-order valence-corrected chi connectivity index (χ2v) is 8.34. The molecule has 2 fully saturated rings. The Hall–Kier alpha value is -1.32. The SMILES string of the molecule is Cl.N[C@@H]1[C@H]2CC[C@H](C2)[C@@H]1C(=O)Nc1cccc(S(=O)(=O)C(F)(F)F)c1. The first kappa shape index (κ1) is 20.0. The number of sulfone groups is 1. The number of nitrogens with one attached hydrogen (secondary N) is 1. The molecule has 0 unspecified atom stereocenters. The highest BCUT2D eigenvalue weighted by atomic mass is 35.5. The Morgan fingerprint density at radius 1 is 1.20 bits per heavy atom. The topological polar surface area (TPSA) is 89.3 Å². The van der Waals surface area contributed by atoms with Gasteiger partial charge < -0.3 is 11.1 Å². The molecule has 10 heteroatoms. The van der Waals surface area contributed by atoms with Crippen molar-refractivity contribution >= 4 is 33.8 Å². The van der Waals surface area contributed by atoms with Gasteiger partial charge in [-0.05, 0) is 49.3 Å². The molecule has 4 atom stereocenters. The van der Waals surface area contributed by atoms with Crippen molar-refractivity contribution in [2.75, 3.05) is 5.32 Å². The van der Waals surface area contributed by atoms with Crippen molar-refractivity contribution in [1.82, 2.24) is 0 Å². The van der Waals surface area contributed by atoms with E-state index in [1.165, 1.54) is 6.07 Å². The molecule has 5 nitrogen and oxygen atoms in total. The Morgan fingerprint density at radius 3 is 2.40 bits per heavy atom. The molecule has 2 bridgehead atoms. The molecular formula is C15H18ClF3N2O3S. The van der Waals surface area contributed by atoms with Gasteiger partial charge >= 0.3 is 5.51 Å². The fraction of sp³-hybridized carbons (Fsp3) is 0.533. The molecule has 2 aliphatic rings. The summed E-state index contributed by atoms with van der Waals surface area (Å²) in [6, 6.07) is 3.92. The largest absolute Gasteiger partial charge is 0.501 e. The number of carbonyl (C=O) groups is 1. The molecule has 25 heavy (non-hydrogen) atoms. The van der Waals surface area contributed by atoms with E-state index >= 15 is 0 Å². The van der Waals surface area contributed by atoms with Crippen molar-refractivity contribution in [3.05, 3.63) is 24.3 Å². The maximum Gasteiger partial charge on any atom is 0.501 e. The lowest BCUT2D eigenvalue weighted by molar-refractivity contribution is -0.121. The lowest BCUT2D eigenvalue weighted by Gasteiger charge is -2.27. The van der Waals surface area contributed by atoms with Crippen LogP contribution in [-0.2, 0) is 14.6 Å². The van der Waals surface area contributed by atoms with Gasteiger partial charge in [-0.3, -0.25) is 4.79 Å². The number of amides is 1. The molecular weight excluding hydrogens is 381 g/mol. The molecule has 0 aliphatic heterocycles. The lowest BCUT2D eigenvalue weighted by atomic mass is 9.84. The van der Waals surface area contributed by atoms with Crippen molar-refractivity contribution in [1.29, 1.82) is 0 Å². The predicted molar refractivity (Wildman–Crippen MR) is 87.9 cm³/mol. The van der Waals surface area contributed by atoms with Gasteiger partial charge in [-0.1, -0.05) is 6.07 Å². The van der Waals surface area contributed by atoms with Crippen LogP contribution >= 0.6 is 12.4 Å². The van der Waals surface area contributed by atoms with Crippen molar-refractivity contribution < 1.29 is 26.4 Å². The van der Waals surface area contributed by atoms with Crippen LogP contribution in [0.5, 0.6) is 0 Å². The maximum atomic E-state index is 12.6. The zero-order valence-electron chi connectivity index (χ0n) is 13.0. The van der Waals surface area contributed by atoms with E-state index in [2.05, 4.69) is 5.32 Å². The quantitative estimate of drug-likeness (QED) is 0.819.